The summed E-state index contributed by atoms with van der Waals surface area (Å²) in [6, 6.07) is 2.34. The van der Waals surface area contributed by atoms with Crippen molar-refractivity contribution in [1.29, 1.82) is 0 Å². The van der Waals surface area contributed by atoms with Crippen LogP contribution in [0.5, 0.6) is 0 Å². The molecule has 92 valence electrons. The largest absolute Gasteiger partial charge is 0.260 e. The molecule has 1 heterocycles. The van der Waals surface area contributed by atoms with Crippen LogP contribution in [0.3, 0.4) is 0 Å². The summed E-state index contributed by atoms with van der Waals surface area (Å²) in [5, 5.41) is 0. The van der Waals surface area contributed by atoms with E-state index in [4.69, 9.17) is 0 Å². The molecule has 3 rings (SSSR count). The van der Waals surface area contributed by atoms with E-state index < -0.39 is 0 Å². The average Bonchev–Trinajstić information content (AvgIpc) is 2.70. The molecule has 1 aromatic heterocycles. The quantitative estimate of drug-likeness (QED) is 0.571. The molecule has 0 bridgehead atoms. The number of nitrogens with zero attached hydrogens (tertiary/aromatic N) is 1. The van der Waals surface area contributed by atoms with Crippen LogP contribution >= 0.6 is 0 Å². The van der Waals surface area contributed by atoms with Crippen molar-refractivity contribution < 1.29 is 0 Å². The fourth-order valence-electron chi connectivity index (χ4n) is 3.00. The second kappa shape index (κ2) is 3.68. The van der Waals surface area contributed by atoms with Gasteiger partial charge in [-0.15, -0.1) is 0 Å². The van der Waals surface area contributed by atoms with E-state index in [0.717, 1.165) is 6.42 Å². The van der Waals surface area contributed by atoms with Gasteiger partial charge >= 0.3 is 0 Å². The van der Waals surface area contributed by atoms with E-state index in [0.29, 0.717) is 0 Å². The van der Waals surface area contributed by atoms with E-state index in [9.17, 15) is 0 Å². The summed E-state index contributed by atoms with van der Waals surface area (Å²) in [6.07, 6.45) is 3.01. The van der Waals surface area contributed by atoms with Gasteiger partial charge in [-0.2, -0.15) is 0 Å². The molecule has 0 fully saturated rings. The fraction of sp³-hybridized carbons (Fsp3) is 0.353. The van der Waals surface area contributed by atoms with E-state index in [1.54, 1.807) is 0 Å². The summed E-state index contributed by atoms with van der Waals surface area (Å²) >= 11 is 0. The Kier molecular flexibility index (Phi) is 2.34. The van der Waals surface area contributed by atoms with Crippen molar-refractivity contribution >= 4 is 0 Å². The van der Waals surface area contributed by atoms with Gasteiger partial charge in [0.25, 0.3) is 0 Å². The topological polar surface area (TPSA) is 12.9 Å². The van der Waals surface area contributed by atoms with Crippen LogP contribution in [0.2, 0.25) is 0 Å². The zero-order chi connectivity index (χ0) is 13.0. The molecule has 0 saturated carbocycles. The van der Waals surface area contributed by atoms with Gasteiger partial charge in [-0.1, -0.05) is 6.07 Å². The van der Waals surface area contributed by atoms with Crippen LogP contribution in [0.4, 0.5) is 0 Å². The van der Waals surface area contributed by atoms with Crippen molar-refractivity contribution in [3.05, 3.63) is 51.3 Å². The molecule has 0 amide bonds. The van der Waals surface area contributed by atoms with Crippen LogP contribution < -0.4 is 0 Å². The second-order valence-electron chi connectivity index (χ2n) is 5.53. The highest BCUT2D eigenvalue weighted by Crippen LogP contribution is 2.41. The number of benzene rings is 1. The first kappa shape index (κ1) is 11.5. The maximum absolute atomic E-state index is 4.63. The van der Waals surface area contributed by atoms with Gasteiger partial charge in [-0.05, 0) is 73.6 Å². The van der Waals surface area contributed by atoms with E-state index in [-0.39, 0.29) is 0 Å². The molecule has 1 aromatic carbocycles. The summed E-state index contributed by atoms with van der Waals surface area (Å²) in [5.74, 6) is 0. The summed E-state index contributed by atoms with van der Waals surface area (Å²) < 4.78 is 0. The number of rotatable bonds is 0. The van der Waals surface area contributed by atoms with Gasteiger partial charge in [0.2, 0.25) is 0 Å². The third-order valence-corrected chi connectivity index (χ3v) is 4.58. The van der Waals surface area contributed by atoms with Crippen molar-refractivity contribution in [2.75, 3.05) is 0 Å². The lowest BCUT2D eigenvalue weighted by atomic mass is 9.92. The van der Waals surface area contributed by atoms with E-state index in [2.05, 4.69) is 45.7 Å². The number of pyridine rings is 1. The zero-order valence-electron chi connectivity index (χ0n) is 11.8. The maximum Gasteiger partial charge on any atom is 0.0528 e. The van der Waals surface area contributed by atoms with E-state index in [1.807, 2.05) is 6.20 Å². The molecule has 18 heavy (non-hydrogen) atoms. The Bertz CT molecular complexity index is 666. The lowest BCUT2D eigenvalue weighted by Crippen LogP contribution is -1.94. The molecule has 0 saturated heterocycles. The molecule has 0 unspecified atom stereocenters. The molecule has 2 aromatic rings. The Balaban J connectivity index is 2.38. The SMILES string of the molecule is Cc1cc2c(c(C)c1C)Cc1ncc(C)c(C)c1-2. The first-order valence-corrected chi connectivity index (χ1v) is 6.55. The molecule has 1 aliphatic rings. The minimum atomic E-state index is 0.999. The first-order chi connectivity index (χ1) is 8.50. The molecule has 0 aliphatic heterocycles. The van der Waals surface area contributed by atoms with E-state index >= 15 is 0 Å². The maximum atomic E-state index is 4.63. The lowest BCUT2D eigenvalue weighted by Gasteiger charge is -2.12. The number of hydrogen-bond acceptors (Lipinski definition) is 1. The Morgan fingerprint density at radius 3 is 2.33 bits per heavy atom. The Morgan fingerprint density at radius 1 is 0.889 bits per heavy atom. The standard InChI is InChI=1S/C17H19N/c1-9-6-15-14(13(5)11(9)3)7-16-17(15)12(4)10(2)8-18-16/h6,8H,7H2,1-5H3. The van der Waals surface area contributed by atoms with Crippen LogP contribution in [0.1, 0.15) is 39.1 Å². The summed E-state index contributed by atoms with van der Waals surface area (Å²) in [5.41, 5.74) is 12.5. The molecule has 1 heteroatoms. The predicted octanol–water partition coefficient (Wildman–Crippen LogP) is 4.19. The van der Waals surface area contributed by atoms with Crippen LogP contribution in [-0.4, -0.2) is 4.98 Å². The normalized spacial score (nSPS) is 12.5. The number of fused-ring (bicyclic) bond motifs is 3. The molecule has 0 spiro atoms. The van der Waals surface area contributed by atoms with E-state index in [1.165, 1.54) is 50.2 Å². The van der Waals surface area contributed by atoms with Crippen LogP contribution in [0.15, 0.2) is 12.3 Å². The molecular formula is C17H19N. The summed E-state index contributed by atoms with van der Waals surface area (Å²) in [7, 11) is 0. The van der Waals surface area contributed by atoms with Crippen molar-refractivity contribution in [2.24, 2.45) is 0 Å². The highest BCUT2D eigenvalue weighted by Gasteiger charge is 2.24. The molecule has 1 nitrogen and oxygen atoms in total. The van der Waals surface area contributed by atoms with Gasteiger partial charge in [0.1, 0.15) is 0 Å². The Hall–Kier alpha value is -1.63. The smallest absolute Gasteiger partial charge is 0.0528 e. The molecule has 0 atom stereocenters. The Labute approximate surface area is 109 Å². The number of hydrogen-bond donors (Lipinski definition) is 0. The average molecular weight is 237 g/mol. The summed E-state index contributed by atoms with van der Waals surface area (Å²) in [4.78, 5) is 4.63. The summed E-state index contributed by atoms with van der Waals surface area (Å²) in [6.45, 7) is 11.0. The first-order valence-electron chi connectivity index (χ1n) is 6.55. The minimum absolute atomic E-state index is 0.999. The minimum Gasteiger partial charge on any atom is -0.260 e. The monoisotopic (exact) mass is 237 g/mol. The highest BCUT2D eigenvalue weighted by atomic mass is 14.7. The van der Waals surface area contributed by atoms with Crippen molar-refractivity contribution in [3.63, 3.8) is 0 Å². The molecule has 1 aliphatic carbocycles. The third-order valence-electron chi connectivity index (χ3n) is 4.58. The highest BCUT2D eigenvalue weighted by molar-refractivity contribution is 5.81. The second-order valence-corrected chi connectivity index (χ2v) is 5.53. The molecule has 0 radical (unpaired) electrons. The van der Waals surface area contributed by atoms with Gasteiger partial charge in [-0.3, -0.25) is 4.98 Å². The van der Waals surface area contributed by atoms with Gasteiger partial charge in [0.15, 0.2) is 0 Å². The molecular weight excluding hydrogens is 218 g/mol. The lowest BCUT2D eigenvalue weighted by molar-refractivity contribution is 1.08. The van der Waals surface area contributed by atoms with Gasteiger partial charge in [0.05, 0.1) is 5.69 Å². The number of aryl methyl sites for hydroxylation is 2. The van der Waals surface area contributed by atoms with Crippen LogP contribution in [0, 0.1) is 34.6 Å². The molecule has 0 N–H and O–H groups in total. The van der Waals surface area contributed by atoms with Crippen LogP contribution in [0.25, 0.3) is 11.1 Å². The van der Waals surface area contributed by atoms with Gasteiger partial charge < -0.3 is 0 Å². The Morgan fingerprint density at radius 2 is 1.61 bits per heavy atom. The van der Waals surface area contributed by atoms with Crippen LogP contribution in [-0.2, 0) is 6.42 Å². The van der Waals surface area contributed by atoms with Crippen molar-refractivity contribution in [2.45, 2.75) is 41.0 Å². The van der Waals surface area contributed by atoms with Gasteiger partial charge in [0, 0.05) is 18.2 Å². The van der Waals surface area contributed by atoms with Gasteiger partial charge in [-0.25, -0.2) is 0 Å². The third kappa shape index (κ3) is 1.37. The fourth-order valence-corrected chi connectivity index (χ4v) is 3.00. The predicted molar refractivity (Wildman–Crippen MR) is 76.2 cm³/mol. The zero-order valence-corrected chi connectivity index (χ0v) is 11.8. The number of aromatic nitrogens is 1. The van der Waals surface area contributed by atoms with Crippen molar-refractivity contribution in [1.82, 2.24) is 4.98 Å². The van der Waals surface area contributed by atoms with Crippen molar-refractivity contribution in [3.8, 4) is 11.1 Å².